The second-order valence-electron chi connectivity index (χ2n) is 3.64. The van der Waals surface area contributed by atoms with Crippen molar-refractivity contribution in [1.29, 1.82) is 0 Å². The van der Waals surface area contributed by atoms with Gasteiger partial charge in [-0.2, -0.15) is 11.8 Å². The second kappa shape index (κ2) is 6.18. The van der Waals surface area contributed by atoms with Gasteiger partial charge in [0.05, 0.1) is 0 Å². The molecule has 0 aliphatic heterocycles. The quantitative estimate of drug-likeness (QED) is 0.813. The maximum absolute atomic E-state index is 9.96. The Morgan fingerprint density at radius 3 is 2.87 bits per heavy atom. The summed E-state index contributed by atoms with van der Waals surface area (Å²) in [4.78, 5) is 4.19. The highest BCUT2D eigenvalue weighted by Crippen LogP contribution is 2.21. The maximum atomic E-state index is 9.96. The predicted octanol–water partition coefficient (Wildman–Crippen LogP) is 2.47. The van der Waals surface area contributed by atoms with Crippen LogP contribution in [0.2, 0.25) is 0 Å². The molecule has 2 unspecified atom stereocenters. The summed E-state index contributed by atoms with van der Waals surface area (Å²) in [5.74, 6) is 1.51. The van der Waals surface area contributed by atoms with Gasteiger partial charge in [-0.25, -0.2) is 4.98 Å². The summed E-state index contributed by atoms with van der Waals surface area (Å²) in [6.07, 6.45) is 4.35. The molecule has 0 aromatic carbocycles. The highest BCUT2D eigenvalue weighted by molar-refractivity contribution is 7.99. The van der Waals surface area contributed by atoms with Crippen molar-refractivity contribution >= 4 is 11.8 Å². The summed E-state index contributed by atoms with van der Waals surface area (Å²) in [5.41, 5.74) is 0. The molecule has 1 N–H and O–H groups in total. The first-order valence-corrected chi connectivity index (χ1v) is 6.54. The molecule has 0 aliphatic rings. The summed E-state index contributed by atoms with van der Waals surface area (Å²) in [6, 6.07) is 0. The fraction of sp³-hybridized carbons (Fsp3) is 0.727. The zero-order valence-electron chi connectivity index (χ0n) is 9.68. The number of aromatic nitrogens is 2. The number of nitrogens with zero attached hydrogens (tertiary/aromatic N) is 2. The van der Waals surface area contributed by atoms with E-state index in [1.165, 1.54) is 0 Å². The molecule has 1 heterocycles. The van der Waals surface area contributed by atoms with Crippen LogP contribution in [0.15, 0.2) is 12.4 Å². The molecule has 0 fully saturated rings. The van der Waals surface area contributed by atoms with Crippen molar-refractivity contribution in [3.63, 3.8) is 0 Å². The Morgan fingerprint density at radius 2 is 2.27 bits per heavy atom. The van der Waals surface area contributed by atoms with Gasteiger partial charge in [0, 0.05) is 29.9 Å². The van der Waals surface area contributed by atoms with E-state index < -0.39 is 6.10 Å². The van der Waals surface area contributed by atoms with Crippen LogP contribution in [0, 0.1) is 0 Å². The van der Waals surface area contributed by atoms with Crippen LogP contribution in [0.25, 0.3) is 0 Å². The van der Waals surface area contributed by atoms with Gasteiger partial charge in [0.1, 0.15) is 11.9 Å². The van der Waals surface area contributed by atoms with E-state index in [4.69, 9.17) is 0 Å². The minimum absolute atomic E-state index is 0.445. The van der Waals surface area contributed by atoms with Gasteiger partial charge in [0.15, 0.2) is 0 Å². The molecule has 1 aromatic rings. The van der Waals surface area contributed by atoms with E-state index in [-0.39, 0.29) is 0 Å². The predicted molar refractivity (Wildman–Crippen MR) is 65.1 cm³/mol. The molecule has 15 heavy (non-hydrogen) atoms. The monoisotopic (exact) mass is 228 g/mol. The van der Waals surface area contributed by atoms with E-state index in [0.29, 0.717) is 5.25 Å². The number of aliphatic hydroxyl groups is 1. The van der Waals surface area contributed by atoms with Gasteiger partial charge in [0.2, 0.25) is 0 Å². The Hall–Kier alpha value is -0.480. The molecule has 4 heteroatoms. The number of rotatable bonds is 6. The molecule has 0 amide bonds. The minimum Gasteiger partial charge on any atom is -0.384 e. The van der Waals surface area contributed by atoms with Crippen LogP contribution >= 0.6 is 11.8 Å². The molecule has 3 nitrogen and oxygen atoms in total. The number of imidazole rings is 1. The first-order valence-electron chi connectivity index (χ1n) is 5.49. The van der Waals surface area contributed by atoms with Crippen molar-refractivity contribution in [3.8, 4) is 0 Å². The maximum Gasteiger partial charge on any atom is 0.138 e. The molecule has 0 aliphatic carbocycles. The summed E-state index contributed by atoms with van der Waals surface area (Å²) >= 11 is 1.80. The highest BCUT2D eigenvalue weighted by atomic mass is 32.2. The standard InChI is InChI=1S/C11H20N2OS/c1-4-9(3)15-8-10(14)11-12-6-7-13(11)5-2/h6-7,9-10,14H,4-5,8H2,1-3H3. The molecule has 0 bridgehead atoms. The van der Waals surface area contributed by atoms with E-state index in [1.54, 1.807) is 18.0 Å². The Kier molecular flexibility index (Phi) is 5.19. The molecule has 0 saturated carbocycles. The molecule has 1 aromatic heterocycles. The molecule has 2 atom stereocenters. The van der Waals surface area contributed by atoms with Gasteiger partial charge in [-0.15, -0.1) is 0 Å². The minimum atomic E-state index is -0.445. The van der Waals surface area contributed by atoms with Gasteiger partial charge in [-0.1, -0.05) is 13.8 Å². The van der Waals surface area contributed by atoms with E-state index in [2.05, 4.69) is 25.8 Å². The van der Waals surface area contributed by atoms with Crippen LogP contribution in [0.4, 0.5) is 0 Å². The Balaban J connectivity index is 2.49. The van der Waals surface area contributed by atoms with Crippen LogP contribution in [-0.4, -0.2) is 25.7 Å². The zero-order chi connectivity index (χ0) is 11.3. The summed E-state index contributed by atoms with van der Waals surface area (Å²) in [6.45, 7) is 7.26. The van der Waals surface area contributed by atoms with Gasteiger partial charge in [0.25, 0.3) is 0 Å². The molecular formula is C11H20N2OS. The zero-order valence-corrected chi connectivity index (χ0v) is 10.5. The fourth-order valence-corrected chi connectivity index (χ4v) is 2.23. The number of hydrogen-bond donors (Lipinski definition) is 1. The lowest BCUT2D eigenvalue weighted by Gasteiger charge is -2.14. The third kappa shape index (κ3) is 3.54. The van der Waals surface area contributed by atoms with Crippen LogP contribution in [-0.2, 0) is 6.54 Å². The van der Waals surface area contributed by atoms with E-state index in [9.17, 15) is 5.11 Å². The van der Waals surface area contributed by atoms with Gasteiger partial charge in [-0.3, -0.25) is 0 Å². The van der Waals surface area contributed by atoms with Crippen molar-refractivity contribution < 1.29 is 5.11 Å². The lowest BCUT2D eigenvalue weighted by atomic mass is 10.4. The Labute approximate surface area is 95.9 Å². The normalized spacial score (nSPS) is 15.2. The number of thioether (sulfide) groups is 1. The summed E-state index contributed by atoms with van der Waals surface area (Å²) in [7, 11) is 0. The van der Waals surface area contributed by atoms with Gasteiger partial charge < -0.3 is 9.67 Å². The average molecular weight is 228 g/mol. The Bertz CT molecular complexity index is 288. The van der Waals surface area contributed by atoms with E-state index in [0.717, 1.165) is 24.5 Å². The number of hydrogen-bond acceptors (Lipinski definition) is 3. The van der Waals surface area contributed by atoms with E-state index >= 15 is 0 Å². The van der Waals surface area contributed by atoms with Crippen molar-refractivity contribution in [3.05, 3.63) is 18.2 Å². The molecule has 0 saturated heterocycles. The van der Waals surface area contributed by atoms with Crippen LogP contribution < -0.4 is 0 Å². The largest absolute Gasteiger partial charge is 0.384 e. The smallest absolute Gasteiger partial charge is 0.138 e. The molecule has 86 valence electrons. The number of aliphatic hydroxyl groups excluding tert-OH is 1. The summed E-state index contributed by atoms with van der Waals surface area (Å²) < 4.78 is 1.99. The van der Waals surface area contributed by atoms with Gasteiger partial charge in [-0.05, 0) is 13.3 Å². The van der Waals surface area contributed by atoms with Crippen molar-refractivity contribution in [1.82, 2.24) is 9.55 Å². The van der Waals surface area contributed by atoms with Crippen LogP contribution in [0.3, 0.4) is 0 Å². The van der Waals surface area contributed by atoms with Crippen molar-refractivity contribution in [2.45, 2.75) is 45.1 Å². The topological polar surface area (TPSA) is 38.1 Å². The Morgan fingerprint density at radius 1 is 1.53 bits per heavy atom. The lowest BCUT2D eigenvalue weighted by molar-refractivity contribution is 0.188. The van der Waals surface area contributed by atoms with Crippen molar-refractivity contribution in [2.24, 2.45) is 0 Å². The molecular weight excluding hydrogens is 208 g/mol. The first kappa shape index (κ1) is 12.6. The first-order chi connectivity index (χ1) is 7.19. The average Bonchev–Trinajstić information content (AvgIpc) is 2.73. The van der Waals surface area contributed by atoms with Crippen LogP contribution in [0.5, 0.6) is 0 Å². The lowest BCUT2D eigenvalue weighted by Crippen LogP contribution is -2.11. The molecule has 0 spiro atoms. The fourth-order valence-electron chi connectivity index (χ4n) is 1.33. The summed E-state index contributed by atoms with van der Waals surface area (Å²) in [5, 5.41) is 10.6. The van der Waals surface area contributed by atoms with E-state index in [1.807, 2.05) is 10.8 Å². The molecule has 0 radical (unpaired) electrons. The van der Waals surface area contributed by atoms with Gasteiger partial charge >= 0.3 is 0 Å². The second-order valence-corrected chi connectivity index (χ2v) is 5.11. The van der Waals surface area contributed by atoms with Crippen LogP contribution in [0.1, 0.15) is 39.1 Å². The third-order valence-corrected chi connectivity index (χ3v) is 3.91. The SMILES string of the molecule is CCC(C)SCC(O)c1nccn1CC. The molecule has 1 rings (SSSR count). The highest BCUT2D eigenvalue weighted by Gasteiger charge is 2.14. The third-order valence-electron chi connectivity index (χ3n) is 2.50. The van der Waals surface area contributed by atoms with Crippen molar-refractivity contribution in [2.75, 3.05) is 5.75 Å². The number of aryl methyl sites for hydroxylation is 1.